The van der Waals surface area contributed by atoms with E-state index in [1.807, 2.05) is 56.3 Å². The van der Waals surface area contributed by atoms with Crippen molar-refractivity contribution >= 4 is 22.6 Å². The summed E-state index contributed by atoms with van der Waals surface area (Å²) in [6.07, 6.45) is 1.36. The Hall–Kier alpha value is -4.73. The van der Waals surface area contributed by atoms with E-state index in [0.717, 1.165) is 11.1 Å². The number of ether oxygens (including phenoxy) is 1. The molecule has 0 saturated carbocycles. The molecule has 0 aliphatic heterocycles. The number of nitrogens with one attached hydrogen (secondary N) is 2. The van der Waals surface area contributed by atoms with Crippen molar-refractivity contribution in [2.45, 2.75) is 33.9 Å². The van der Waals surface area contributed by atoms with Gasteiger partial charge in [-0.05, 0) is 73.4 Å². The normalized spacial score (nSPS) is 11.2. The van der Waals surface area contributed by atoms with Gasteiger partial charge < -0.3 is 10.1 Å². The van der Waals surface area contributed by atoms with Gasteiger partial charge in [0.05, 0.1) is 11.0 Å². The lowest BCUT2D eigenvalue weighted by molar-refractivity contribution is -0.116. The van der Waals surface area contributed by atoms with Crippen molar-refractivity contribution in [3.05, 3.63) is 93.7 Å². The summed E-state index contributed by atoms with van der Waals surface area (Å²) in [6.45, 7) is 5.45. The van der Waals surface area contributed by atoms with E-state index in [1.165, 1.54) is 21.5 Å². The van der Waals surface area contributed by atoms with Crippen LogP contribution in [0, 0.1) is 26.6 Å². The number of anilines is 1. The molecule has 0 bridgehead atoms. The summed E-state index contributed by atoms with van der Waals surface area (Å²) in [5.41, 5.74) is 5.23. The number of nitrogens with zero attached hydrogens (tertiary/aromatic N) is 4. The Kier molecular flexibility index (Phi) is 6.54. The third-order valence-corrected chi connectivity index (χ3v) is 6.46. The lowest BCUT2D eigenvalue weighted by Crippen LogP contribution is -2.28. The number of hydrogen-bond donors (Lipinski definition) is 2. The molecule has 9 nitrogen and oxygen atoms in total. The van der Waals surface area contributed by atoms with Crippen molar-refractivity contribution in [1.29, 1.82) is 0 Å². The molecular formula is C28H27FN6O3. The fourth-order valence-electron chi connectivity index (χ4n) is 4.63. The zero-order chi connectivity index (χ0) is 27.0. The maximum Gasteiger partial charge on any atom is 0.329 e. The number of halogens is 1. The van der Waals surface area contributed by atoms with Crippen molar-refractivity contribution in [3.8, 4) is 16.9 Å². The molecule has 0 saturated heterocycles. The van der Waals surface area contributed by atoms with Gasteiger partial charge in [0.25, 0.3) is 0 Å². The fourth-order valence-corrected chi connectivity index (χ4v) is 4.63. The number of aromatic amines is 1. The number of imidazole rings is 1. The summed E-state index contributed by atoms with van der Waals surface area (Å²) < 4.78 is 23.8. The number of aromatic nitrogens is 5. The number of amides is 1. The molecule has 0 atom stereocenters. The van der Waals surface area contributed by atoms with Gasteiger partial charge in [-0.1, -0.05) is 18.2 Å². The largest absolute Gasteiger partial charge is 0.482 e. The molecule has 1 amide bonds. The van der Waals surface area contributed by atoms with Crippen molar-refractivity contribution in [2.75, 3.05) is 5.32 Å². The van der Waals surface area contributed by atoms with Gasteiger partial charge in [0.15, 0.2) is 17.4 Å². The molecule has 2 heterocycles. The molecule has 0 unspecified atom stereocenters. The lowest BCUT2D eigenvalue weighted by Gasteiger charge is -2.13. The number of fused-ring (bicyclic) bond motifs is 1. The average Bonchev–Trinajstić information content (AvgIpc) is 3.47. The minimum atomic E-state index is -0.531. The number of carbonyl (C=O) groups is 1. The fraction of sp³-hybridized carbons (Fsp3) is 0.214. The standard InChI is InChI=1S/C28H27FN6O3/c1-16-9-20(19-11-18(3)27(21(29)12-19)38-14-24-30-15-31-33-24)26-23(10-16)35(28(37)34(26)4)13-25(36)32-22-8-6-5-7-17(22)2/h5-12,15H,13-14H2,1-4H3,(H,32,36)(H,30,31,33). The van der Waals surface area contributed by atoms with Crippen LogP contribution in [0.3, 0.4) is 0 Å². The first-order valence-corrected chi connectivity index (χ1v) is 12.1. The van der Waals surface area contributed by atoms with Crippen molar-refractivity contribution in [3.63, 3.8) is 0 Å². The Morgan fingerprint density at radius 3 is 2.61 bits per heavy atom. The van der Waals surface area contributed by atoms with Gasteiger partial charge in [0.2, 0.25) is 5.91 Å². The Morgan fingerprint density at radius 1 is 1.11 bits per heavy atom. The highest BCUT2D eigenvalue weighted by Gasteiger charge is 2.20. The molecule has 0 radical (unpaired) electrons. The summed E-state index contributed by atoms with van der Waals surface area (Å²) in [5, 5.41) is 9.33. The predicted molar refractivity (Wildman–Crippen MR) is 143 cm³/mol. The second kappa shape index (κ2) is 9.97. The van der Waals surface area contributed by atoms with E-state index in [0.29, 0.717) is 39.2 Å². The number of hydrogen-bond acceptors (Lipinski definition) is 5. The smallest absolute Gasteiger partial charge is 0.329 e. The van der Waals surface area contributed by atoms with E-state index in [2.05, 4.69) is 20.5 Å². The monoisotopic (exact) mass is 514 g/mol. The highest BCUT2D eigenvalue weighted by molar-refractivity contribution is 5.96. The van der Waals surface area contributed by atoms with Gasteiger partial charge in [0.1, 0.15) is 19.5 Å². The second-order valence-corrected chi connectivity index (χ2v) is 9.30. The Balaban J connectivity index is 1.52. The molecule has 2 aromatic heterocycles. The van der Waals surface area contributed by atoms with E-state index >= 15 is 4.39 Å². The first kappa shape index (κ1) is 24.9. The molecule has 2 N–H and O–H groups in total. The molecule has 10 heteroatoms. The Bertz CT molecular complexity index is 1700. The van der Waals surface area contributed by atoms with Crippen LogP contribution in [0.25, 0.3) is 22.2 Å². The van der Waals surface area contributed by atoms with Gasteiger partial charge >= 0.3 is 5.69 Å². The summed E-state index contributed by atoms with van der Waals surface area (Å²) in [7, 11) is 1.65. The zero-order valence-electron chi connectivity index (χ0n) is 21.5. The Morgan fingerprint density at radius 2 is 1.89 bits per heavy atom. The average molecular weight is 515 g/mol. The van der Waals surface area contributed by atoms with Crippen LogP contribution >= 0.6 is 0 Å². The summed E-state index contributed by atoms with van der Waals surface area (Å²) in [5.74, 6) is -0.243. The minimum absolute atomic E-state index is 0.0493. The maximum atomic E-state index is 15.2. The highest BCUT2D eigenvalue weighted by atomic mass is 19.1. The van der Waals surface area contributed by atoms with Crippen molar-refractivity contribution in [1.82, 2.24) is 24.3 Å². The first-order chi connectivity index (χ1) is 18.2. The lowest BCUT2D eigenvalue weighted by atomic mass is 9.99. The van der Waals surface area contributed by atoms with Crippen LogP contribution in [-0.4, -0.2) is 30.2 Å². The van der Waals surface area contributed by atoms with Crippen LogP contribution in [0.2, 0.25) is 0 Å². The molecular weight excluding hydrogens is 487 g/mol. The van der Waals surface area contributed by atoms with Crippen molar-refractivity contribution in [2.24, 2.45) is 7.05 Å². The second-order valence-electron chi connectivity index (χ2n) is 9.30. The van der Waals surface area contributed by atoms with E-state index in [9.17, 15) is 9.59 Å². The molecule has 5 aromatic rings. The SMILES string of the molecule is Cc1cc(-c2cc(C)c(OCc3ncn[nH]3)c(F)c2)c2c(c1)n(CC(=O)Nc1ccccc1C)c(=O)n2C. The van der Waals surface area contributed by atoms with Crippen LogP contribution in [-0.2, 0) is 25.0 Å². The van der Waals surface area contributed by atoms with Crippen molar-refractivity contribution < 1.29 is 13.9 Å². The van der Waals surface area contributed by atoms with Gasteiger partial charge in [-0.2, -0.15) is 5.10 Å². The van der Waals surface area contributed by atoms with E-state index in [-0.39, 0.29) is 30.5 Å². The van der Waals surface area contributed by atoms with Crippen LogP contribution in [0.5, 0.6) is 5.75 Å². The highest BCUT2D eigenvalue weighted by Crippen LogP contribution is 2.34. The molecule has 38 heavy (non-hydrogen) atoms. The van der Waals surface area contributed by atoms with E-state index in [1.54, 1.807) is 14.0 Å². The molecule has 0 aliphatic rings. The Labute approximate surface area is 217 Å². The molecule has 0 aliphatic carbocycles. The van der Waals surface area contributed by atoms with Crippen LogP contribution in [0.4, 0.5) is 10.1 Å². The number of rotatable bonds is 7. The molecule has 5 rings (SSSR count). The summed E-state index contributed by atoms with van der Waals surface area (Å²) in [6, 6.07) is 14.4. The topological polar surface area (TPSA) is 107 Å². The van der Waals surface area contributed by atoms with Crippen LogP contribution < -0.4 is 15.7 Å². The third kappa shape index (κ3) is 4.68. The number of aryl methyl sites for hydroxylation is 4. The quantitative estimate of drug-likeness (QED) is 0.335. The van der Waals surface area contributed by atoms with Crippen LogP contribution in [0.1, 0.15) is 22.5 Å². The summed E-state index contributed by atoms with van der Waals surface area (Å²) in [4.78, 5) is 30.2. The molecule has 0 fully saturated rings. The van der Waals surface area contributed by atoms with E-state index < -0.39 is 5.82 Å². The van der Waals surface area contributed by atoms with Gasteiger partial charge in [-0.3, -0.25) is 19.0 Å². The molecule has 194 valence electrons. The van der Waals surface area contributed by atoms with Crippen LogP contribution in [0.15, 0.2) is 59.7 Å². The third-order valence-electron chi connectivity index (χ3n) is 6.46. The van der Waals surface area contributed by atoms with E-state index in [4.69, 9.17) is 4.74 Å². The maximum absolute atomic E-state index is 15.2. The number of benzene rings is 3. The molecule has 0 spiro atoms. The first-order valence-electron chi connectivity index (χ1n) is 12.1. The number of carbonyl (C=O) groups excluding carboxylic acids is 1. The molecule has 3 aromatic carbocycles. The van der Waals surface area contributed by atoms with Gasteiger partial charge in [0, 0.05) is 18.3 Å². The minimum Gasteiger partial charge on any atom is -0.482 e. The van der Waals surface area contributed by atoms with Gasteiger partial charge in [-0.25, -0.2) is 14.2 Å². The predicted octanol–water partition coefficient (Wildman–Crippen LogP) is 4.41. The zero-order valence-corrected chi connectivity index (χ0v) is 21.5. The summed E-state index contributed by atoms with van der Waals surface area (Å²) >= 11 is 0. The van der Waals surface area contributed by atoms with Gasteiger partial charge in [-0.15, -0.1) is 0 Å². The number of H-pyrrole nitrogens is 1. The number of para-hydroxylation sites is 1.